The molecule has 0 aliphatic heterocycles. The number of hydrogen-bond acceptors (Lipinski definition) is 2. The van der Waals surface area contributed by atoms with Crippen LogP contribution in [0.5, 0.6) is 0 Å². The van der Waals surface area contributed by atoms with Crippen molar-refractivity contribution in [3.63, 3.8) is 0 Å². The number of benzene rings is 9. The molecule has 1 heterocycles. The van der Waals surface area contributed by atoms with Gasteiger partial charge in [-0.15, -0.1) is 11.3 Å². The van der Waals surface area contributed by atoms with Gasteiger partial charge in [0.05, 0.1) is 10.4 Å². The van der Waals surface area contributed by atoms with Gasteiger partial charge in [0.25, 0.3) is 0 Å². The van der Waals surface area contributed by atoms with E-state index in [0.717, 1.165) is 11.4 Å². The first-order valence-electron chi connectivity index (χ1n) is 17.1. The zero-order chi connectivity index (χ0) is 33.0. The van der Waals surface area contributed by atoms with E-state index >= 15 is 0 Å². The Morgan fingerprint density at radius 3 is 1.68 bits per heavy atom. The number of fused-ring (bicyclic) bond motifs is 8. The summed E-state index contributed by atoms with van der Waals surface area (Å²) in [6.45, 7) is 0. The normalized spacial score (nSPS) is 11.6. The Kier molecular flexibility index (Phi) is 6.75. The van der Waals surface area contributed by atoms with E-state index < -0.39 is 0 Å². The first kappa shape index (κ1) is 28.8. The van der Waals surface area contributed by atoms with Crippen LogP contribution in [-0.2, 0) is 0 Å². The van der Waals surface area contributed by atoms with Crippen LogP contribution in [0.25, 0.3) is 74.7 Å². The molecule has 1 nitrogen and oxygen atoms in total. The summed E-state index contributed by atoms with van der Waals surface area (Å²) in [6.07, 6.45) is 0. The molecule has 0 fully saturated rings. The van der Waals surface area contributed by atoms with Crippen LogP contribution in [-0.4, -0.2) is 0 Å². The number of rotatable bonds is 5. The van der Waals surface area contributed by atoms with Crippen LogP contribution in [0.4, 0.5) is 17.1 Å². The van der Waals surface area contributed by atoms with Gasteiger partial charge in [-0.2, -0.15) is 0 Å². The smallest absolute Gasteiger partial charge is 0.0640 e. The summed E-state index contributed by atoms with van der Waals surface area (Å²) in [5, 5.41) is 10.3. The average molecular weight is 654 g/mol. The molecule has 0 bridgehead atoms. The van der Waals surface area contributed by atoms with Crippen molar-refractivity contribution in [3.05, 3.63) is 188 Å². The van der Waals surface area contributed by atoms with Gasteiger partial charge in [-0.3, -0.25) is 0 Å². The fourth-order valence-corrected chi connectivity index (χ4v) is 8.79. The molecule has 0 saturated carbocycles. The minimum absolute atomic E-state index is 1.13. The number of hydrogen-bond donors (Lipinski definition) is 0. The molecule has 9 aromatic carbocycles. The molecule has 10 rings (SSSR count). The van der Waals surface area contributed by atoms with Crippen LogP contribution in [0.1, 0.15) is 0 Å². The van der Waals surface area contributed by atoms with Crippen LogP contribution >= 0.6 is 11.3 Å². The predicted octanol–water partition coefficient (Wildman–Crippen LogP) is 14.3. The lowest BCUT2D eigenvalue weighted by Crippen LogP contribution is -2.10. The molecule has 0 saturated heterocycles. The number of thiophene rings is 1. The first-order valence-corrected chi connectivity index (χ1v) is 17.9. The first-order chi connectivity index (χ1) is 24.8. The standard InChI is InChI=1S/C48H31NS/c1-2-9-32(10-3-1)33-21-26-39(27-22-33)49(45-15-8-14-44-43-13-6-7-16-46(43)50-48(44)45)40-28-23-34(24-29-40)37-25-30-42-38(31-37)20-19-36-18-17-35-11-4-5-12-41(35)47(36)42/h1-31H. The van der Waals surface area contributed by atoms with Gasteiger partial charge in [-0.1, -0.05) is 146 Å². The lowest BCUT2D eigenvalue weighted by Gasteiger charge is -2.26. The van der Waals surface area contributed by atoms with Gasteiger partial charge < -0.3 is 4.90 Å². The van der Waals surface area contributed by atoms with E-state index in [1.807, 2.05) is 11.3 Å². The third-order valence-electron chi connectivity index (χ3n) is 10.0. The quantitative estimate of drug-likeness (QED) is 0.167. The maximum Gasteiger partial charge on any atom is 0.0640 e. The third-order valence-corrected chi connectivity index (χ3v) is 11.2. The van der Waals surface area contributed by atoms with Gasteiger partial charge in [-0.25, -0.2) is 0 Å². The summed E-state index contributed by atoms with van der Waals surface area (Å²) in [6, 6.07) is 68.7. The van der Waals surface area contributed by atoms with Gasteiger partial charge in [0, 0.05) is 26.8 Å². The molecule has 1 aromatic heterocycles. The molecule has 0 unspecified atom stereocenters. The minimum Gasteiger partial charge on any atom is -0.309 e. The van der Waals surface area contributed by atoms with Gasteiger partial charge in [0.1, 0.15) is 0 Å². The molecule has 0 aliphatic rings. The number of anilines is 3. The highest BCUT2D eigenvalue weighted by atomic mass is 32.1. The van der Waals surface area contributed by atoms with Gasteiger partial charge in [-0.05, 0) is 97.0 Å². The van der Waals surface area contributed by atoms with Crippen molar-refractivity contribution in [2.75, 3.05) is 4.90 Å². The van der Waals surface area contributed by atoms with Crippen molar-refractivity contribution in [3.8, 4) is 22.3 Å². The van der Waals surface area contributed by atoms with Crippen molar-refractivity contribution >= 4 is 80.9 Å². The second kappa shape index (κ2) is 11.7. The fraction of sp³-hybridized carbons (Fsp3) is 0. The van der Waals surface area contributed by atoms with Crippen LogP contribution in [0.2, 0.25) is 0 Å². The molecular weight excluding hydrogens is 623 g/mol. The molecule has 10 aromatic rings. The van der Waals surface area contributed by atoms with Crippen LogP contribution < -0.4 is 4.90 Å². The van der Waals surface area contributed by atoms with Crippen LogP contribution in [0, 0.1) is 0 Å². The zero-order valence-electron chi connectivity index (χ0n) is 27.3. The van der Waals surface area contributed by atoms with Gasteiger partial charge in [0.2, 0.25) is 0 Å². The largest absolute Gasteiger partial charge is 0.309 e. The Morgan fingerprint density at radius 1 is 0.340 bits per heavy atom. The second-order valence-corrected chi connectivity index (χ2v) is 14.0. The maximum atomic E-state index is 2.41. The molecule has 234 valence electrons. The average Bonchev–Trinajstić information content (AvgIpc) is 3.58. The summed E-state index contributed by atoms with van der Waals surface area (Å²) in [5.74, 6) is 0. The maximum absolute atomic E-state index is 2.41. The van der Waals surface area contributed by atoms with E-state index in [1.165, 1.54) is 80.4 Å². The van der Waals surface area contributed by atoms with E-state index in [9.17, 15) is 0 Å². The monoisotopic (exact) mass is 653 g/mol. The summed E-state index contributed by atoms with van der Waals surface area (Å²) in [5.41, 5.74) is 8.30. The summed E-state index contributed by atoms with van der Waals surface area (Å²) >= 11 is 1.87. The lowest BCUT2D eigenvalue weighted by atomic mass is 9.94. The molecule has 0 radical (unpaired) electrons. The number of nitrogens with zero attached hydrogens (tertiary/aromatic N) is 1. The Labute approximate surface area is 294 Å². The minimum atomic E-state index is 1.13. The zero-order valence-corrected chi connectivity index (χ0v) is 28.1. The van der Waals surface area contributed by atoms with Crippen molar-refractivity contribution in [1.82, 2.24) is 0 Å². The molecular formula is C48H31NS. The van der Waals surface area contributed by atoms with Crippen molar-refractivity contribution in [2.24, 2.45) is 0 Å². The van der Waals surface area contributed by atoms with Crippen molar-refractivity contribution < 1.29 is 0 Å². The van der Waals surface area contributed by atoms with Gasteiger partial charge in [0.15, 0.2) is 0 Å². The second-order valence-electron chi connectivity index (χ2n) is 12.9. The summed E-state index contributed by atoms with van der Waals surface area (Å²) < 4.78 is 2.60. The predicted molar refractivity (Wildman–Crippen MR) is 217 cm³/mol. The Hall–Kier alpha value is -6.22. The Balaban J connectivity index is 1.09. The van der Waals surface area contributed by atoms with Crippen molar-refractivity contribution in [2.45, 2.75) is 0 Å². The van der Waals surface area contributed by atoms with Crippen molar-refractivity contribution in [1.29, 1.82) is 0 Å². The lowest BCUT2D eigenvalue weighted by molar-refractivity contribution is 1.30. The highest BCUT2D eigenvalue weighted by molar-refractivity contribution is 7.26. The van der Waals surface area contributed by atoms with E-state index in [1.54, 1.807) is 0 Å². The Morgan fingerprint density at radius 2 is 0.900 bits per heavy atom. The van der Waals surface area contributed by atoms with Crippen LogP contribution in [0.3, 0.4) is 0 Å². The Bertz CT molecular complexity index is 2850. The van der Waals surface area contributed by atoms with Gasteiger partial charge >= 0.3 is 0 Å². The van der Waals surface area contributed by atoms with E-state index in [4.69, 9.17) is 0 Å². The molecule has 0 atom stereocenters. The molecule has 0 amide bonds. The van der Waals surface area contributed by atoms with E-state index in [0.29, 0.717) is 0 Å². The molecule has 50 heavy (non-hydrogen) atoms. The summed E-state index contributed by atoms with van der Waals surface area (Å²) in [4.78, 5) is 2.41. The molecule has 0 spiro atoms. The molecule has 0 N–H and O–H groups in total. The topological polar surface area (TPSA) is 3.24 Å². The molecule has 2 heteroatoms. The molecule has 0 aliphatic carbocycles. The van der Waals surface area contributed by atoms with E-state index in [2.05, 4.69) is 193 Å². The summed E-state index contributed by atoms with van der Waals surface area (Å²) in [7, 11) is 0. The van der Waals surface area contributed by atoms with E-state index in [-0.39, 0.29) is 0 Å². The highest BCUT2D eigenvalue weighted by Crippen LogP contribution is 2.45. The SMILES string of the molecule is c1ccc(-c2ccc(N(c3ccc(-c4ccc5c(ccc6ccc7ccccc7c65)c4)cc3)c3cccc4c3sc3ccccc34)cc2)cc1. The van der Waals surface area contributed by atoms with Crippen LogP contribution in [0.15, 0.2) is 188 Å². The fourth-order valence-electron chi connectivity index (χ4n) is 7.59. The highest BCUT2D eigenvalue weighted by Gasteiger charge is 2.18. The third kappa shape index (κ3) is 4.76.